The molecule has 3 rings (SSSR count). The van der Waals surface area contributed by atoms with Crippen molar-refractivity contribution >= 4 is 0 Å². The molecule has 1 fully saturated rings. The summed E-state index contributed by atoms with van der Waals surface area (Å²) < 4.78 is 23.6. The van der Waals surface area contributed by atoms with Crippen molar-refractivity contribution in [3.8, 4) is 17.6 Å². The first-order chi connectivity index (χ1) is 13.9. The van der Waals surface area contributed by atoms with E-state index in [2.05, 4.69) is 18.8 Å². The van der Waals surface area contributed by atoms with E-state index in [4.69, 9.17) is 9.47 Å². The number of ether oxygens (including phenoxy) is 2. The monoisotopic (exact) mass is 398 g/mol. The Morgan fingerprint density at radius 1 is 1.28 bits per heavy atom. The third kappa shape index (κ3) is 5.72. The summed E-state index contributed by atoms with van der Waals surface area (Å²) in [6, 6.07) is 5.62. The summed E-state index contributed by atoms with van der Waals surface area (Å²) in [6.45, 7) is 2.26. The maximum absolute atomic E-state index is 12.8. The van der Waals surface area contributed by atoms with E-state index in [-0.39, 0.29) is 17.8 Å². The van der Waals surface area contributed by atoms with Crippen LogP contribution in [0.5, 0.6) is 5.75 Å². The van der Waals surface area contributed by atoms with E-state index in [1.807, 2.05) is 0 Å². The third-order valence-corrected chi connectivity index (χ3v) is 5.46. The van der Waals surface area contributed by atoms with Crippen molar-refractivity contribution in [2.45, 2.75) is 38.4 Å². The average Bonchev–Trinajstić information content (AvgIpc) is 3.45. The summed E-state index contributed by atoms with van der Waals surface area (Å²) >= 11 is 0. The molecule has 4 atom stereocenters. The number of halogens is 1. The van der Waals surface area contributed by atoms with Gasteiger partial charge in [0.15, 0.2) is 0 Å². The van der Waals surface area contributed by atoms with Crippen LogP contribution in [-0.4, -0.2) is 36.1 Å². The molecule has 5 heteroatoms. The normalized spacial score (nSPS) is 24.9. The lowest BCUT2D eigenvalue weighted by atomic mass is 9.79. The Balaban J connectivity index is 1.38. The molecule has 29 heavy (non-hydrogen) atoms. The number of rotatable bonds is 8. The van der Waals surface area contributed by atoms with Gasteiger partial charge in [0.05, 0.1) is 12.9 Å². The lowest BCUT2D eigenvalue weighted by molar-refractivity contribution is 0.127. The van der Waals surface area contributed by atoms with E-state index in [0.29, 0.717) is 18.1 Å². The van der Waals surface area contributed by atoms with Crippen LogP contribution in [0.15, 0.2) is 59.9 Å². The number of fused-ring (bicyclic) bond motifs is 1. The van der Waals surface area contributed by atoms with Crippen LogP contribution in [0.2, 0.25) is 0 Å². The number of hydrogen-bond donors (Lipinski definition) is 2. The van der Waals surface area contributed by atoms with Gasteiger partial charge < -0.3 is 19.7 Å². The van der Waals surface area contributed by atoms with Gasteiger partial charge in [-0.15, -0.1) is 0 Å². The second kappa shape index (κ2) is 9.30. The molecule has 0 amide bonds. The SMILES string of the molecule is COC1=C2CC2C(C)(CC(O)C#CC=CC=CC(O)COc2ccc(F)cc2)C1. The Labute approximate surface area is 171 Å². The van der Waals surface area contributed by atoms with Crippen LogP contribution in [-0.2, 0) is 4.74 Å². The molecule has 0 radical (unpaired) electrons. The Bertz CT molecular complexity index is 859. The summed E-state index contributed by atoms with van der Waals surface area (Å²) in [5.74, 6) is 7.48. The fourth-order valence-electron chi connectivity index (χ4n) is 3.86. The maximum Gasteiger partial charge on any atom is 0.123 e. The Morgan fingerprint density at radius 3 is 2.72 bits per heavy atom. The van der Waals surface area contributed by atoms with Crippen molar-refractivity contribution in [3.05, 3.63) is 65.7 Å². The van der Waals surface area contributed by atoms with E-state index >= 15 is 0 Å². The summed E-state index contributed by atoms with van der Waals surface area (Å²) in [6.07, 6.45) is 7.68. The first kappa shape index (κ1) is 21.2. The molecule has 4 unspecified atom stereocenters. The molecule has 2 aliphatic carbocycles. The highest BCUT2D eigenvalue weighted by atomic mass is 19.1. The van der Waals surface area contributed by atoms with E-state index in [1.54, 1.807) is 31.4 Å². The van der Waals surface area contributed by atoms with Gasteiger partial charge in [-0.1, -0.05) is 37.0 Å². The van der Waals surface area contributed by atoms with Crippen LogP contribution < -0.4 is 4.74 Å². The van der Waals surface area contributed by atoms with Gasteiger partial charge in [-0.25, -0.2) is 4.39 Å². The second-order valence-electron chi connectivity index (χ2n) is 7.82. The number of allylic oxidation sites excluding steroid dienone is 5. The Hall–Kier alpha value is -2.55. The molecular formula is C24H27FO4. The highest BCUT2D eigenvalue weighted by Gasteiger charge is 2.54. The molecule has 2 N–H and O–H groups in total. The van der Waals surface area contributed by atoms with Crippen molar-refractivity contribution in [1.29, 1.82) is 0 Å². The van der Waals surface area contributed by atoms with E-state index < -0.39 is 12.2 Å². The summed E-state index contributed by atoms with van der Waals surface area (Å²) in [5, 5.41) is 20.1. The number of hydrogen-bond acceptors (Lipinski definition) is 4. The molecule has 2 aliphatic rings. The molecule has 1 saturated carbocycles. The standard InChI is InChI=1S/C24H27FO4/c1-24(15-23(28-2)21-13-22(21)24)14-18(26)7-5-3-4-6-8-19(27)16-29-20-11-9-17(25)10-12-20/h3-4,6,8-12,18-19,22,26-27H,13-16H2,1-2H3. The van der Waals surface area contributed by atoms with Crippen molar-refractivity contribution in [3.63, 3.8) is 0 Å². The molecule has 0 heterocycles. The van der Waals surface area contributed by atoms with Crippen molar-refractivity contribution < 1.29 is 24.1 Å². The number of methoxy groups -OCH3 is 1. The van der Waals surface area contributed by atoms with Crippen LogP contribution in [0, 0.1) is 29.0 Å². The fraction of sp³-hybridized carbons (Fsp3) is 0.417. The highest BCUT2D eigenvalue weighted by Crippen LogP contribution is 2.63. The maximum atomic E-state index is 12.8. The number of aliphatic hydroxyl groups excluding tert-OH is 2. The highest BCUT2D eigenvalue weighted by molar-refractivity contribution is 5.37. The molecule has 0 saturated heterocycles. The van der Waals surface area contributed by atoms with E-state index in [9.17, 15) is 14.6 Å². The average molecular weight is 398 g/mol. The zero-order valence-electron chi connectivity index (χ0n) is 16.8. The first-order valence-electron chi connectivity index (χ1n) is 9.76. The molecular weight excluding hydrogens is 371 g/mol. The van der Waals surface area contributed by atoms with Crippen LogP contribution >= 0.6 is 0 Å². The zero-order chi connectivity index (χ0) is 20.9. The van der Waals surface area contributed by atoms with Gasteiger partial charge in [0.2, 0.25) is 0 Å². The van der Waals surface area contributed by atoms with E-state index in [0.717, 1.165) is 18.6 Å². The molecule has 1 aromatic rings. The second-order valence-corrected chi connectivity index (χ2v) is 7.82. The molecule has 0 spiro atoms. The molecule has 4 nitrogen and oxygen atoms in total. The largest absolute Gasteiger partial charge is 0.501 e. The van der Waals surface area contributed by atoms with Gasteiger partial charge in [-0.3, -0.25) is 0 Å². The first-order valence-corrected chi connectivity index (χ1v) is 9.76. The fourth-order valence-corrected chi connectivity index (χ4v) is 3.86. The van der Waals surface area contributed by atoms with Gasteiger partial charge in [-0.2, -0.15) is 0 Å². The van der Waals surface area contributed by atoms with Gasteiger partial charge in [0.1, 0.15) is 30.4 Å². The van der Waals surface area contributed by atoms with Gasteiger partial charge in [0, 0.05) is 6.42 Å². The molecule has 1 aromatic carbocycles. The zero-order valence-corrected chi connectivity index (χ0v) is 16.8. The van der Waals surface area contributed by atoms with Crippen molar-refractivity contribution in [2.24, 2.45) is 11.3 Å². The molecule has 154 valence electrons. The minimum absolute atomic E-state index is 0.0347. The van der Waals surface area contributed by atoms with Crippen LogP contribution in [0.1, 0.15) is 26.2 Å². The van der Waals surface area contributed by atoms with E-state index in [1.165, 1.54) is 29.8 Å². The van der Waals surface area contributed by atoms with Gasteiger partial charge >= 0.3 is 0 Å². The third-order valence-electron chi connectivity index (χ3n) is 5.46. The Morgan fingerprint density at radius 2 is 2.03 bits per heavy atom. The Kier molecular flexibility index (Phi) is 6.79. The lowest BCUT2D eigenvalue weighted by Crippen LogP contribution is -2.23. The predicted octanol–water partition coefficient (Wildman–Crippen LogP) is 3.76. The topological polar surface area (TPSA) is 58.9 Å². The predicted molar refractivity (Wildman–Crippen MR) is 109 cm³/mol. The summed E-state index contributed by atoms with van der Waals surface area (Å²) in [5.41, 5.74) is 1.44. The molecule has 0 aromatic heterocycles. The minimum Gasteiger partial charge on any atom is -0.501 e. The summed E-state index contributed by atoms with van der Waals surface area (Å²) in [7, 11) is 1.71. The van der Waals surface area contributed by atoms with Gasteiger partial charge in [-0.05, 0) is 60.1 Å². The van der Waals surface area contributed by atoms with Crippen molar-refractivity contribution in [1.82, 2.24) is 0 Å². The van der Waals surface area contributed by atoms with Crippen LogP contribution in [0.3, 0.4) is 0 Å². The smallest absolute Gasteiger partial charge is 0.123 e. The number of aliphatic hydroxyl groups is 2. The number of benzene rings is 1. The summed E-state index contributed by atoms with van der Waals surface area (Å²) in [4.78, 5) is 0. The lowest BCUT2D eigenvalue weighted by Gasteiger charge is -2.27. The molecule has 0 aliphatic heterocycles. The van der Waals surface area contributed by atoms with Crippen LogP contribution in [0.25, 0.3) is 0 Å². The minimum atomic E-state index is -0.791. The van der Waals surface area contributed by atoms with Crippen molar-refractivity contribution in [2.75, 3.05) is 13.7 Å². The molecule has 0 bridgehead atoms. The quantitative estimate of drug-likeness (QED) is 0.517. The van der Waals surface area contributed by atoms with Crippen LogP contribution in [0.4, 0.5) is 4.39 Å². The van der Waals surface area contributed by atoms with Gasteiger partial charge in [0.25, 0.3) is 0 Å².